The second-order valence-electron chi connectivity index (χ2n) is 3.89. The summed E-state index contributed by atoms with van der Waals surface area (Å²) in [4.78, 5) is 4.12. The maximum atomic E-state index is 12.1. The van der Waals surface area contributed by atoms with Crippen molar-refractivity contribution in [2.75, 3.05) is 4.72 Å². The molecule has 2 rings (SSSR count). The van der Waals surface area contributed by atoms with Gasteiger partial charge in [-0.15, -0.1) is 0 Å². The van der Waals surface area contributed by atoms with Crippen LogP contribution in [-0.2, 0) is 10.0 Å². The molecule has 0 saturated heterocycles. The van der Waals surface area contributed by atoms with Crippen molar-refractivity contribution in [3.05, 3.63) is 50.8 Å². The molecule has 1 N–H and O–H groups in total. The molecule has 0 radical (unpaired) electrons. The van der Waals surface area contributed by atoms with E-state index >= 15 is 0 Å². The van der Waals surface area contributed by atoms with E-state index in [-0.39, 0.29) is 4.90 Å². The maximum absolute atomic E-state index is 12.1. The van der Waals surface area contributed by atoms with Gasteiger partial charge in [-0.1, -0.05) is 11.6 Å². The highest BCUT2D eigenvalue weighted by Gasteiger charge is 2.14. The lowest BCUT2D eigenvalue weighted by atomic mass is 10.3. The van der Waals surface area contributed by atoms with Crippen molar-refractivity contribution < 1.29 is 8.42 Å². The lowest BCUT2D eigenvalue weighted by Crippen LogP contribution is -2.13. The average molecular weight is 409 g/mol. The number of sulfonamides is 1. The number of aromatic nitrogens is 1. The second-order valence-corrected chi connectivity index (χ2v) is 7.18. The largest absolute Gasteiger partial charge is 0.278 e. The highest BCUT2D eigenvalue weighted by Crippen LogP contribution is 2.20. The van der Waals surface area contributed by atoms with Gasteiger partial charge in [-0.3, -0.25) is 4.72 Å². The molecule has 4 nitrogen and oxygen atoms in total. The Morgan fingerprint density at radius 1 is 1.26 bits per heavy atom. The predicted molar refractivity (Wildman–Crippen MR) is 84.0 cm³/mol. The minimum Gasteiger partial charge on any atom is -0.278 e. The highest BCUT2D eigenvalue weighted by atomic mass is 127. The number of aryl methyl sites for hydroxylation is 1. The van der Waals surface area contributed by atoms with Crippen molar-refractivity contribution in [3.8, 4) is 0 Å². The molecule has 0 fully saturated rings. The van der Waals surface area contributed by atoms with Gasteiger partial charge >= 0.3 is 0 Å². The molecule has 1 aromatic heterocycles. The minimum atomic E-state index is -3.60. The molecular weight excluding hydrogens is 399 g/mol. The number of nitrogens with one attached hydrogen (secondary N) is 1. The number of hydrogen-bond donors (Lipinski definition) is 1. The Bertz CT molecular complexity index is 702. The molecule has 0 unspecified atom stereocenters. The van der Waals surface area contributed by atoms with Crippen LogP contribution in [0, 0.1) is 10.5 Å². The molecule has 0 aliphatic carbocycles. The van der Waals surface area contributed by atoms with Gasteiger partial charge < -0.3 is 0 Å². The molecule has 7 heteroatoms. The summed E-state index contributed by atoms with van der Waals surface area (Å²) in [7, 11) is -3.60. The van der Waals surface area contributed by atoms with Crippen LogP contribution < -0.4 is 4.72 Å². The first kappa shape index (κ1) is 14.5. The number of anilines is 1. The molecular formula is C12H10ClIN2O2S. The van der Waals surface area contributed by atoms with E-state index in [2.05, 4.69) is 32.3 Å². The van der Waals surface area contributed by atoms with Gasteiger partial charge in [-0.2, -0.15) is 0 Å². The van der Waals surface area contributed by atoms with Crippen LogP contribution >= 0.6 is 34.2 Å². The fourth-order valence-corrected chi connectivity index (χ4v) is 2.94. The van der Waals surface area contributed by atoms with Gasteiger partial charge in [0.15, 0.2) is 0 Å². The molecule has 100 valence electrons. The zero-order valence-corrected chi connectivity index (χ0v) is 13.6. The van der Waals surface area contributed by atoms with Crippen molar-refractivity contribution in [2.24, 2.45) is 0 Å². The van der Waals surface area contributed by atoms with E-state index in [0.29, 0.717) is 16.4 Å². The van der Waals surface area contributed by atoms with E-state index in [0.717, 1.165) is 3.57 Å². The molecule has 1 heterocycles. The SMILES string of the molecule is Cc1cc(NS(=O)(=O)c2ccc(I)cc2)cnc1Cl. The average Bonchev–Trinajstić information content (AvgIpc) is 2.34. The molecule has 0 aliphatic rings. The number of benzene rings is 1. The van der Waals surface area contributed by atoms with Crippen molar-refractivity contribution in [3.63, 3.8) is 0 Å². The molecule has 0 aliphatic heterocycles. The molecule has 2 aromatic rings. The van der Waals surface area contributed by atoms with Gasteiger partial charge in [0.2, 0.25) is 0 Å². The van der Waals surface area contributed by atoms with Gasteiger partial charge in [0.1, 0.15) is 5.15 Å². The molecule has 0 atom stereocenters. The molecule has 1 aromatic carbocycles. The van der Waals surface area contributed by atoms with Crippen LogP contribution in [0.2, 0.25) is 5.15 Å². The minimum absolute atomic E-state index is 0.209. The van der Waals surface area contributed by atoms with E-state index in [1.165, 1.54) is 6.20 Å². The van der Waals surface area contributed by atoms with E-state index in [9.17, 15) is 8.42 Å². The zero-order chi connectivity index (χ0) is 14.0. The predicted octanol–water partition coefficient (Wildman–Crippen LogP) is 3.45. The number of hydrogen-bond acceptors (Lipinski definition) is 3. The first-order valence-electron chi connectivity index (χ1n) is 5.29. The summed E-state index contributed by atoms with van der Waals surface area (Å²) in [5.41, 5.74) is 1.10. The van der Waals surface area contributed by atoms with Crippen LogP contribution in [-0.4, -0.2) is 13.4 Å². The number of pyridine rings is 1. The van der Waals surface area contributed by atoms with Crippen LogP contribution in [0.25, 0.3) is 0 Å². The molecule has 0 saturated carbocycles. The summed E-state index contributed by atoms with van der Waals surface area (Å²) in [6, 6.07) is 8.22. The fourth-order valence-electron chi connectivity index (χ4n) is 1.44. The zero-order valence-electron chi connectivity index (χ0n) is 9.89. The summed E-state index contributed by atoms with van der Waals surface area (Å²) in [5.74, 6) is 0. The van der Waals surface area contributed by atoms with Crippen molar-refractivity contribution in [1.82, 2.24) is 4.98 Å². The van der Waals surface area contributed by atoms with Gasteiger partial charge in [0.25, 0.3) is 10.0 Å². The topological polar surface area (TPSA) is 59.1 Å². The van der Waals surface area contributed by atoms with Crippen LogP contribution in [0.15, 0.2) is 41.4 Å². The van der Waals surface area contributed by atoms with Crippen molar-refractivity contribution in [2.45, 2.75) is 11.8 Å². The van der Waals surface area contributed by atoms with E-state index in [4.69, 9.17) is 11.6 Å². The molecule has 0 bridgehead atoms. The lowest BCUT2D eigenvalue weighted by Gasteiger charge is -2.08. The molecule has 0 spiro atoms. The van der Waals surface area contributed by atoms with Crippen molar-refractivity contribution >= 4 is 49.9 Å². The number of nitrogens with zero attached hydrogens (tertiary/aromatic N) is 1. The summed E-state index contributed by atoms with van der Waals surface area (Å²) >= 11 is 7.91. The monoisotopic (exact) mass is 408 g/mol. The van der Waals surface area contributed by atoms with Gasteiger partial charge in [-0.25, -0.2) is 13.4 Å². The Labute approximate surface area is 130 Å². The summed E-state index contributed by atoms with van der Waals surface area (Å²) in [6.07, 6.45) is 1.39. The van der Waals surface area contributed by atoms with E-state index in [1.807, 2.05) is 0 Å². The number of rotatable bonds is 3. The van der Waals surface area contributed by atoms with E-state index in [1.54, 1.807) is 37.3 Å². The third-order valence-corrected chi connectivity index (χ3v) is 4.90. The third-order valence-electron chi connectivity index (χ3n) is 2.39. The Balaban J connectivity index is 2.30. The third kappa shape index (κ3) is 3.58. The Hall–Kier alpha value is -0.860. The fraction of sp³-hybridized carbons (Fsp3) is 0.0833. The molecule has 0 amide bonds. The smallest absolute Gasteiger partial charge is 0.261 e. The highest BCUT2D eigenvalue weighted by molar-refractivity contribution is 14.1. The standard InChI is InChI=1S/C12H10ClIN2O2S/c1-8-6-10(7-15-12(8)13)16-19(17,18)11-4-2-9(14)3-5-11/h2-7,16H,1H3. The molecule has 19 heavy (non-hydrogen) atoms. The Morgan fingerprint density at radius 3 is 2.47 bits per heavy atom. The van der Waals surface area contributed by atoms with Gasteiger partial charge in [0.05, 0.1) is 16.8 Å². The van der Waals surface area contributed by atoms with Crippen molar-refractivity contribution in [1.29, 1.82) is 0 Å². The first-order chi connectivity index (χ1) is 8.88. The van der Waals surface area contributed by atoms with Gasteiger partial charge in [0, 0.05) is 3.57 Å². The summed E-state index contributed by atoms with van der Waals surface area (Å²) in [6.45, 7) is 1.76. The van der Waals surface area contributed by atoms with Crippen LogP contribution in [0.1, 0.15) is 5.56 Å². The van der Waals surface area contributed by atoms with Crippen LogP contribution in [0.5, 0.6) is 0 Å². The maximum Gasteiger partial charge on any atom is 0.261 e. The van der Waals surface area contributed by atoms with Gasteiger partial charge in [-0.05, 0) is 65.4 Å². The summed E-state index contributed by atoms with van der Waals surface area (Å²) < 4.78 is 27.7. The lowest BCUT2D eigenvalue weighted by molar-refractivity contribution is 0.601. The summed E-state index contributed by atoms with van der Waals surface area (Å²) in [5, 5.41) is 0.359. The van der Waals surface area contributed by atoms with E-state index < -0.39 is 10.0 Å². The quantitative estimate of drug-likeness (QED) is 0.625. The number of halogens is 2. The van der Waals surface area contributed by atoms with Crippen LogP contribution in [0.3, 0.4) is 0 Å². The Morgan fingerprint density at radius 2 is 1.89 bits per heavy atom. The Kier molecular flexibility index (Phi) is 4.32. The second kappa shape index (κ2) is 5.64. The van der Waals surface area contributed by atoms with Crippen LogP contribution in [0.4, 0.5) is 5.69 Å². The first-order valence-corrected chi connectivity index (χ1v) is 8.23. The normalized spacial score (nSPS) is 11.3.